The van der Waals surface area contributed by atoms with Gasteiger partial charge in [-0.05, 0) is 23.6 Å². The molecule has 122 valence electrons. The highest BCUT2D eigenvalue weighted by Crippen LogP contribution is 2.12. The SMILES string of the molecule is Cc1ccccc1CS(=O)(=O)CC(=O)N(C)Cc1ccccc1. The molecule has 0 radical (unpaired) electrons. The molecule has 0 bridgehead atoms. The number of rotatable bonds is 6. The molecule has 0 saturated carbocycles. The number of hydrogen-bond donors (Lipinski definition) is 0. The number of carbonyl (C=O) groups excluding carboxylic acids is 1. The van der Waals surface area contributed by atoms with Gasteiger partial charge in [0, 0.05) is 13.6 Å². The van der Waals surface area contributed by atoms with Crippen LogP contribution in [0.25, 0.3) is 0 Å². The van der Waals surface area contributed by atoms with E-state index in [0.717, 1.165) is 16.7 Å². The molecule has 0 atom stereocenters. The highest BCUT2D eigenvalue weighted by Gasteiger charge is 2.21. The summed E-state index contributed by atoms with van der Waals surface area (Å²) >= 11 is 0. The van der Waals surface area contributed by atoms with E-state index in [9.17, 15) is 13.2 Å². The van der Waals surface area contributed by atoms with Crippen LogP contribution in [0.4, 0.5) is 0 Å². The van der Waals surface area contributed by atoms with Gasteiger partial charge in [0.05, 0.1) is 5.75 Å². The van der Waals surface area contributed by atoms with E-state index in [1.165, 1.54) is 4.90 Å². The number of benzene rings is 2. The first-order valence-electron chi connectivity index (χ1n) is 7.40. The van der Waals surface area contributed by atoms with Crippen molar-refractivity contribution in [3.05, 3.63) is 71.3 Å². The Kier molecular flexibility index (Phi) is 5.55. The molecule has 0 aliphatic rings. The minimum absolute atomic E-state index is 0.107. The molecule has 2 rings (SSSR count). The van der Waals surface area contributed by atoms with Crippen LogP contribution in [0.5, 0.6) is 0 Å². The first-order valence-corrected chi connectivity index (χ1v) is 9.22. The van der Waals surface area contributed by atoms with Gasteiger partial charge in [0.25, 0.3) is 0 Å². The Hall–Kier alpha value is -2.14. The van der Waals surface area contributed by atoms with Crippen molar-refractivity contribution >= 4 is 15.7 Å². The van der Waals surface area contributed by atoms with Crippen LogP contribution in [0.2, 0.25) is 0 Å². The topological polar surface area (TPSA) is 54.5 Å². The molecule has 0 aromatic heterocycles. The summed E-state index contributed by atoms with van der Waals surface area (Å²) in [5.41, 5.74) is 2.63. The lowest BCUT2D eigenvalue weighted by atomic mass is 10.1. The number of hydrogen-bond acceptors (Lipinski definition) is 3. The van der Waals surface area contributed by atoms with Gasteiger partial charge in [-0.2, -0.15) is 0 Å². The Morgan fingerprint density at radius 3 is 2.26 bits per heavy atom. The molecule has 0 saturated heterocycles. The van der Waals surface area contributed by atoms with Crippen molar-refractivity contribution in [2.45, 2.75) is 19.2 Å². The molecule has 0 aliphatic heterocycles. The third kappa shape index (κ3) is 5.21. The largest absolute Gasteiger partial charge is 0.341 e. The van der Waals surface area contributed by atoms with E-state index in [0.29, 0.717) is 6.54 Å². The summed E-state index contributed by atoms with van der Waals surface area (Å²) in [5.74, 6) is -0.961. The van der Waals surface area contributed by atoms with Crippen LogP contribution < -0.4 is 0 Å². The first-order chi connectivity index (χ1) is 10.9. The van der Waals surface area contributed by atoms with Crippen LogP contribution in [0.3, 0.4) is 0 Å². The molecular formula is C18H21NO3S. The van der Waals surface area contributed by atoms with E-state index < -0.39 is 15.6 Å². The second kappa shape index (κ2) is 7.42. The van der Waals surface area contributed by atoms with Gasteiger partial charge in [-0.25, -0.2) is 8.42 Å². The van der Waals surface area contributed by atoms with Gasteiger partial charge in [0.1, 0.15) is 5.75 Å². The molecule has 0 fully saturated rings. The molecule has 0 heterocycles. The quantitative estimate of drug-likeness (QED) is 0.817. The Labute approximate surface area is 137 Å². The number of carbonyl (C=O) groups is 1. The van der Waals surface area contributed by atoms with Crippen molar-refractivity contribution in [2.75, 3.05) is 12.8 Å². The van der Waals surface area contributed by atoms with Gasteiger partial charge in [0.2, 0.25) is 5.91 Å². The highest BCUT2D eigenvalue weighted by atomic mass is 32.2. The lowest BCUT2D eigenvalue weighted by molar-refractivity contribution is -0.127. The molecule has 0 N–H and O–H groups in total. The van der Waals surface area contributed by atoms with Crippen molar-refractivity contribution < 1.29 is 13.2 Å². The lowest BCUT2D eigenvalue weighted by Gasteiger charge is -2.17. The highest BCUT2D eigenvalue weighted by molar-refractivity contribution is 7.91. The summed E-state index contributed by atoms with van der Waals surface area (Å²) < 4.78 is 24.5. The molecule has 1 amide bonds. The van der Waals surface area contributed by atoms with E-state index in [1.54, 1.807) is 19.2 Å². The first kappa shape index (κ1) is 17.2. The average molecular weight is 331 g/mol. The Bertz CT molecular complexity index is 770. The van der Waals surface area contributed by atoms with Gasteiger partial charge < -0.3 is 4.90 Å². The molecule has 2 aromatic rings. The average Bonchev–Trinajstić information content (AvgIpc) is 2.50. The molecular weight excluding hydrogens is 310 g/mol. The Balaban J connectivity index is 1.99. The van der Waals surface area contributed by atoms with E-state index in [2.05, 4.69) is 0 Å². The summed E-state index contributed by atoms with van der Waals surface area (Å²) in [6, 6.07) is 16.8. The molecule has 0 spiro atoms. The monoisotopic (exact) mass is 331 g/mol. The number of nitrogens with zero attached hydrogens (tertiary/aromatic N) is 1. The Morgan fingerprint density at radius 1 is 1.00 bits per heavy atom. The van der Waals surface area contributed by atoms with Crippen molar-refractivity contribution in [1.82, 2.24) is 4.90 Å². The maximum absolute atomic E-state index is 12.3. The second-order valence-electron chi connectivity index (χ2n) is 5.69. The standard InChI is InChI=1S/C18H21NO3S/c1-15-8-6-7-11-17(15)13-23(21,22)14-18(20)19(2)12-16-9-4-3-5-10-16/h3-11H,12-14H2,1-2H3. The normalized spacial score (nSPS) is 11.2. The van der Waals surface area contributed by atoms with Crippen molar-refractivity contribution in [3.63, 3.8) is 0 Å². The fraction of sp³-hybridized carbons (Fsp3) is 0.278. The van der Waals surface area contributed by atoms with E-state index in [1.807, 2.05) is 49.4 Å². The van der Waals surface area contributed by atoms with Crippen LogP contribution in [0, 0.1) is 6.92 Å². The second-order valence-corrected chi connectivity index (χ2v) is 7.76. The Morgan fingerprint density at radius 2 is 1.61 bits per heavy atom. The van der Waals surface area contributed by atoms with Gasteiger partial charge in [-0.15, -0.1) is 0 Å². The number of sulfone groups is 1. The van der Waals surface area contributed by atoms with Gasteiger partial charge in [-0.3, -0.25) is 4.79 Å². The zero-order valence-electron chi connectivity index (χ0n) is 13.4. The van der Waals surface area contributed by atoms with Crippen LogP contribution in [-0.2, 0) is 26.9 Å². The summed E-state index contributed by atoms with van der Waals surface area (Å²) in [6.45, 7) is 2.27. The molecule has 4 nitrogen and oxygen atoms in total. The van der Waals surface area contributed by atoms with Crippen molar-refractivity contribution in [3.8, 4) is 0 Å². The van der Waals surface area contributed by atoms with Crippen LogP contribution in [0.1, 0.15) is 16.7 Å². The van der Waals surface area contributed by atoms with E-state index >= 15 is 0 Å². The van der Waals surface area contributed by atoms with Gasteiger partial charge in [-0.1, -0.05) is 54.6 Å². The molecule has 2 aromatic carbocycles. The minimum atomic E-state index is -3.48. The van der Waals surface area contributed by atoms with Crippen molar-refractivity contribution in [1.29, 1.82) is 0 Å². The maximum Gasteiger partial charge on any atom is 0.237 e. The van der Waals surface area contributed by atoms with Crippen LogP contribution in [0.15, 0.2) is 54.6 Å². The smallest absolute Gasteiger partial charge is 0.237 e. The van der Waals surface area contributed by atoms with E-state index in [4.69, 9.17) is 0 Å². The van der Waals surface area contributed by atoms with Gasteiger partial charge >= 0.3 is 0 Å². The minimum Gasteiger partial charge on any atom is -0.341 e. The molecule has 5 heteroatoms. The molecule has 23 heavy (non-hydrogen) atoms. The van der Waals surface area contributed by atoms with E-state index in [-0.39, 0.29) is 11.7 Å². The summed E-state index contributed by atoms with van der Waals surface area (Å²) in [6.07, 6.45) is 0. The number of amides is 1. The molecule has 0 aliphatic carbocycles. The zero-order chi connectivity index (χ0) is 16.9. The summed E-state index contributed by atoms with van der Waals surface area (Å²) in [4.78, 5) is 13.6. The maximum atomic E-state index is 12.3. The summed E-state index contributed by atoms with van der Waals surface area (Å²) in [7, 11) is -1.86. The zero-order valence-corrected chi connectivity index (χ0v) is 14.2. The predicted octanol–water partition coefficient (Wildman–Crippen LogP) is 2.57. The third-order valence-electron chi connectivity index (χ3n) is 3.67. The lowest BCUT2D eigenvalue weighted by Crippen LogP contribution is -2.32. The van der Waals surface area contributed by atoms with Gasteiger partial charge in [0.15, 0.2) is 9.84 Å². The molecule has 0 unspecified atom stereocenters. The third-order valence-corrected chi connectivity index (χ3v) is 5.11. The number of aryl methyl sites for hydroxylation is 1. The van der Waals surface area contributed by atoms with Crippen LogP contribution >= 0.6 is 0 Å². The summed E-state index contributed by atoms with van der Waals surface area (Å²) in [5, 5.41) is 0. The van der Waals surface area contributed by atoms with Crippen LogP contribution in [-0.4, -0.2) is 32.0 Å². The fourth-order valence-electron chi connectivity index (χ4n) is 2.30. The fourth-order valence-corrected chi connectivity index (χ4v) is 3.80. The van der Waals surface area contributed by atoms with Crippen molar-refractivity contribution in [2.24, 2.45) is 0 Å². The predicted molar refractivity (Wildman–Crippen MR) is 91.6 cm³/mol.